The molecule has 1 aliphatic rings. The SMILES string of the molecule is C[C@H]1C[C@H](C)C[NH+](CCCOc2ccccc2C=O)C1. The number of hydrogen-bond donors (Lipinski definition) is 1. The molecule has 0 bridgehead atoms. The van der Waals surface area contributed by atoms with Crippen LogP contribution in [-0.4, -0.2) is 32.5 Å². The second-order valence-electron chi connectivity index (χ2n) is 6.21. The number of ether oxygens (including phenoxy) is 1. The lowest BCUT2D eigenvalue weighted by Crippen LogP contribution is -3.14. The topological polar surface area (TPSA) is 30.7 Å². The van der Waals surface area contributed by atoms with Crippen LogP contribution in [0.15, 0.2) is 24.3 Å². The minimum Gasteiger partial charge on any atom is -0.493 e. The monoisotopic (exact) mass is 276 g/mol. The molecule has 0 spiro atoms. The van der Waals surface area contributed by atoms with Gasteiger partial charge in [-0.2, -0.15) is 0 Å². The van der Waals surface area contributed by atoms with Crippen molar-refractivity contribution >= 4 is 6.29 Å². The summed E-state index contributed by atoms with van der Waals surface area (Å²) in [6.45, 7) is 9.14. The van der Waals surface area contributed by atoms with Gasteiger partial charge in [-0.25, -0.2) is 0 Å². The zero-order chi connectivity index (χ0) is 14.4. The van der Waals surface area contributed by atoms with Crippen LogP contribution in [0.4, 0.5) is 0 Å². The van der Waals surface area contributed by atoms with Gasteiger partial charge in [-0.1, -0.05) is 26.0 Å². The van der Waals surface area contributed by atoms with Crippen molar-refractivity contribution in [1.82, 2.24) is 0 Å². The van der Waals surface area contributed by atoms with Crippen LogP contribution < -0.4 is 9.64 Å². The number of rotatable bonds is 6. The second-order valence-corrected chi connectivity index (χ2v) is 6.21. The molecule has 0 saturated carbocycles. The lowest BCUT2D eigenvalue weighted by Gasteiger charge is -2.31. The van der Waals surface area contributed by atoms with E-state index in [1.165, 1.54) is 19.5 Å². The van der Waals surface area contributed by atoms with Crippen LogP contribution in [0.5, 0.6) is 5.75 Å². The molecular weight excluding hydrogens is 250 g/mol. The number of benzene rings is 1. The Morgan fingerprint density at radius 2 is 1.95 bits per heavy atom. The van der Waals surface area contributed by atoms with E-state index < -0.39 is 0 Å². The minimum absolute atomic E-state index is 0.639. The molecule has 0 amide bonds. The standard InChI is InChI=1S/C17H25NO2/c1-14-10-15(2)12-18(11-14)8-5-9-20-17-7-4-3-6-16(17)13-19/h3-4,6-7,13-15H,5,8-12H2,1-2H3/p+1/t14-,15-/m0/s1. The zero-order valence-corrected chi connectivity index (χ0v) is 12.6. The summed E-state index contributed by atoms with van der Waals surface area (Å²) in [7, 11) is 0. The highest BCUT2D eigenvalue weighted by atomic mass is 16.5. The number of quaternary nitrogens is 1. The van der Waals surface area contributed by atoms with Gasteiger partial charge in [0.1, 0.15) is 5.75 Å². The summed E-state index contributed by atoms with van der Waals surface area (Å²) in [4.78, 5) is 12.6. The number of carbonyl (C=O) groups is 1. The molecule has 2 rings (SSSR count). The van der Waals surface area contributed by atoms with Gasteiger partial charge in [-0.3, -0.25) is 4.79 Å². The fourth-order valence-corrected chi connectivity index (χ4v) is 3.34. The minimum atomic E-state index is 0.639. The van der Waals surface area contributed by atoms with Crippen molar-refractivity contribution in [2.45, 2.75) is 26.7 Å². The van der Waals surface area contributed by atoms with Gasteiger partial charge in [0, 0.05) is 18.3 Å². The van der Waals surface area contributed by atoms with E-state index in [0.29, 0.717) is 17.9 Å². The summed E-state index contributed by atoms with van der Waals surface area (Å²) in [5.74, 6) is 2.38. The Balaban J connectivity index is 1.72. The van der Waals surface area contributed by atoms with E-state index in [4.69, 9.17) is 4.74 Å². The average molecular weight is 276 g/mol. The maximum atomic E-state index is 10.9. The van der Waals surface area contributed by atoms with Crippen molar-refractivity contribution in [3.63, 3.8) is 0 Å². The number of likely N-dealkylation sites (tertiary alicyclic amines) is 1. The Morgan fingerprint density at radius 3 is 2.65 bits per heavy atom. The van der Waals surface area contributed by atoms with E-state index in [-0.39, 0.29) is 0 Å². The molecule has 1 heterocycles. The molecule has 110 valence electrons. The molecule has 1 N–H and O–H groups in total. The van der Waals surface area contributed by atoms with Gasteiger partial charge in [-0.05, 0) is 18.6 Å². The van der Waals surface area contributed by atoms with E-state index in [9.17, 15) is 4.79 Å². The van der Waals surface area contributed by atoms with Gasteiger partial charge in [0.25, 0.3) is 0 Å². The first-order valence-electron chi connectivity index (χ1n) is 7.69. The summed E-state index contributed by atoms with van der Waals surface area (Å²) in [5, 5.41) is 0. The first kappa shape index (κ1) is 15.0. The van der Waals surface area contributed by atoms with Crippen molar-refractivity contribution in [1.29, 1.82) is 0 Å². The van der Waals surface area contributed by atoms with Crippen molar-refractivity contribution in [3.05, 3.63) is 29.8 Å². The fourth-order valence-electron chi connectivity index (χ4n) is 3.34. The number of nitrogens with one attached hydrogen (secondary N) is 1. The predicted molar refractivity (Wildman–Crippen MR) is 80.5 cm³/mol. The normalized spacial score (nSPS) is 26.2. The van der Waals surface area contributed by atoms with Crippen LogP contribution in [0.2, 0.25) is 0 Å². The summed E-state index contributed by atoms with van der Waals surface area (Å²) < 4.78 is 5.73. The van der Waals surface area contributed by atoms with E-state index in [2.05, 4.69) is 13.8 Å². The Hall–Kier alpha value is -1.35. The molecule has 1 aliphatic heterocycles. The highest BCUT2D eigenvalue weighted by Gasteiger charge is 2.24. The molecule has 20 heavy (non-hydrogen) atoms. The van der Waals surface area contributed by atoms with Crippen LogP contribution in [0.3, 0.4) is 0 Å². The van der Waals surface area contributed by atoms with Gasteiger partial charge in [0.05, 0.1) is 31.8 Å². The Labute approximate surface area is 121 Å². The molecule has 1 aromatic rings. The molecule has 0 aliphatic carbocycles. The van der Waals surface area contributed by atoms with Gasteiger partial charge in [-0.15, -0.1) is 0 Å². The summed E-state index contributed by atoms with van der Waals surface area (Å²) in [6, 6.07) is 7.42. The molecule has 1 aromatic carbocycles. The molecule has 0 aromatic heterocycles. The summed E-state index contributed by atoms with van der Waals surface area (Å²) in [5.41, 5.74) is 0.639. The van der Waals surface area contributed by atoms with Crippen molar-refractivity contribution in [3.8, 4) is 5.75 Å². The van der Waals surface area contributed by atoms with Gasteiger partial charge in [0.15, 0.2) is 6.29 Å². The number of para-hydroxylation sites is 1. The predicted octanol–water partition coefficient (Wildman–Crippen LogP) is 1.83. The third-order valence-corrected chi connectivity index (χ3v) is 4.06. The molecule has 1 fully saturated rings. The number of aldehydes is 1. The Kier molecular flexibility index (Phi) is 5.60. The second kappa shape index (κ2) is 7.44. The average Bonchev–Trinajstić information content (AvgIpc) is 2.43. The lowest BCUT2D eigenvalue weighted by atomic mass is 9.92. The van der Waals surface area contributed by atoms with Crippen molar-refractivity contribution in [2.75, 3.05) is 26.2 Å². The van der Waals surface area contributed by atoms with Crippen molar-refractivity contribution in [2.24, 2.45) is 11.8 Å². The third-order valence-electron chi connectivity index (χ3n) is 4.06. The molecular formula is C17H26NO2+. The van der Waals surface area contributed by atoms with E-state index >= 15 is 0 Å². The Morgan fingerprint density at radius 1 is 1.25 bits per heavy atom. The maximum absolute atomic E-state index is 10.9. The first-order chi connectivity index (χ1) is 9.69. The van der Waals surface area contributed by atoms with Crippen LogP contribution in [0.25, 0.3) is 0 Å². The van der Waals surface area contributed by atoms with E-state index in [1.807, 2.05) is 18.2 Å². The van der Waals surface area contributed by atoms with Gasteiger partial charge in [0.2, 0.25) is 0 Å². The largest absolute Gasteiger partial charge is 0.493 e. The smallest absolute Gasteiger partial charge is 0.153 e. The molecule has 3 nitrogen and oxygen atoms in total. The maximum Gasteiger partial charge on any atom is 0.153 e. The highest BCUT2D eigenvalue weighted by Crippen LogP contribution is 2.15. The first-order valence-corrected chi connectivity index (χ1v) is 7.69. The number of carbonyl (C=O) groups excluding carboxylic acids is 1. The molecule has 2 atom stereocenters. The van der Waals surface area contributed by atoms with E-state index in [1.54, 1.807) is 11.0 Å². The number of piperidine rings is 1. The van der Waals surface area contributed by atoms with Gasteiger partial charge < -0.3 is 9.64 Å². The molecule has 0 radical (unpaired) electrons. The highest BCUT2D eigenvalue weighted by molar-refractivity contribution is 5.79. The van der Waals surface area contributed by atoms with Crippen molar-refractivity contribution < 1.29 is 14.4 Å². The molecule has 1 saturated heterocycles. The van der Waals surface area contributed by atoms with Crippen LogP contribution in [-0.2, 0) is 0 Å². The Bertz CT molecular complexity index is 423. The fraction of sp³-hybridized carbons (Fsp3) is 0.588. The summed E-state index contributed by atoms with van der Waals surface area (Å²) in [6.07, 6.45) is 3.27. The van der Waals surface area contributed by atoms with Gasteiger partial charge >= 0.3 is 0 Å². The quantitative estimate of drug-likeness (QED) is 0.635. The number of hydrogen-bond acceptors (Lipinski definition) is 2. The molecule has 3 heteroatoms. The molecule has 0 unspecified atom stereocenters. The van der Waals surface area contributed by atoms with Crippen LogP contribution >= 0.6 is 0 Å². The van der Waals surface area contributed by atoms with E-state index in [0.717, 1.165) is 31.1 Å². The van der Waals surface area contributed by atoms with Crippen LogP contribution in [0, 0.1) is 11.8 Å². The zero-order valence-electron chi connectivity index (χ0n) is 12.6. The third kappa shape index (κ3) is 4.34. The lowest BCUT2D eigenvalue weighted by molar-refractivity contribution is -0.912. The van der Waals surface area contributed by atoms with Crippen LogP contribution in [0.1, 0.15) is 37.0 Å². The summed E-state index contributed by atoms with van der Waals surface area (Å²) >= 11 is 0.